The fourth-order valence-electron chi connectivity index (χ4n) is 3.86. The number of alkyl carbamates (subject to hydrolysis) is 1. The molecule has 1 aromatic carbocycles. The number of halogens is 2. The Bertz CT molecular complexity index is 775. The van der Waals surface area contributed by atoms with Crippen molar-refractivity contribution in [3.63, 3.8) is 0 Å². The summed E-state index contributed by atoms with van der Waals surface area (Å²) in [6.45, 7) is 10.5. The molecule has 7 nitrogen and oxygen atoms in total. The molecule has 0 saturated heterocycles. The number of nitrogens with one attached hydrogen (secondary N) is 1. The molecule has 0 aliphatic rings. The van der Waals surface area contributed by atoms with Crippen molar-refractivity contribution in [1.82, 2.24) is 5.32 Å². The number of hydrogen-bond acceptors (Lipinski definition) is 5. The van der Waals surface area contributed by atoms with Gasteiger partial charge in [0.15, 0.2) is 0 Å². The van der Waals surface area contributed by atoms with Crippen LogP contribution >= 0.6 is 23.2 Å². The lowest BCUT2D eigenvalue weighted by atomic mass is 9.78. The molecule has 0 spiro atoms. The van der Waals surface area contributed by atoms with Crippen LogP contribution in [-0.2, 0) is 22.6 Å². The highest BCUT2D eigenvalue weighted by molar-refractivity contribution is 6.18. The highest BCUT2D eigenvalue weighted by atomic mass is 35.5. The summed E-state index contributed by atoms with van der Waals surface area (Å²) in [7, 11) is 0. The van der Waals surface area contributed by atoms with Crippen LogP contribution in [0.25, 0.3) is 0 Å². The van der Waals surface area contributed by atoms with Crippen LogP contribution in [0, 0.1) is 5.41 Å². The molecule has 0 aliphatic carbocycles. The predicted octanol–water partition coefficient (Wildman–Crippen LogP) is 4.79. The highest BCUT2D eigenvalue weighted by Crippen LogP contribution is 2.33. The molecule has 1 rings (SSSR count). The van der Waals surface area contributed by atoms with Gasteiger partial charge in [0.2, 0.25) is 0 Å². The molecule has 0 bridgehead atoms. The molecule has 3 N–H and O–H groups in total. The number of nitrogens with zero attached hydrogens (tertiary/aromatic N) is 1. The molecular weight excluding hydrogens is 467 g/mol. The Hall–Kier alpha value is -1.70. The Morgan fingerprint density at radius 2 is 1.73 bits per heavy atom. The topological polar surface area (TPSA) is 99.1 Å². The number of rotatable bonds is 13. The molecule has 188 valence electrons. The number of aliphatic carboxylic acids is 1. The average Bonchev–Trinajstić information content (AvgIpc) is 2.64. The number of anilines is 1. The van der Waals surface area contributed by atoms with E-state index < -0.39 is 23.7 Å². The van der Waals surface area contributed by atoms with Gasteiger partial charge in [-0.25, -0.2) is 4.79 Å². The smallest absolute Gasteiger partial charge is 0.407 e. The van der Waals surface area contributed by atoms with E-state index in [9.17, 15) is 19.8 Å². The van der Waals surface area contributed by atoms with Crippen molar-refractivity contribution in [2.45, 2.75) is 72.1 Å². The number of benzene rings is 1. The van der Waals surface area contributed by atoms with Crippen molar-refractivity contribution in [1.29, 1.82) is 0 Å². The number of amides is 1. The Morgan fingerprint density at radius 3 is 2.21 bits per heavy atom. The lowest BCUT2D eigenvalue weighted by molar-refractivity contribution is -0.137. The quantitative estimate of drug-likeness (QED) is 0.334. The minimum Gasteiger partial charge on any atom is -0.481 e. The lowest BCUT2D eigenvalue weighted by Gasteiger charge is -2.33. The fraction of sp³-hybridized carbons (Fsp3) is 0.667. The van der Waals surface area contributed by atoms with Crippen LogP contribution in [0.2, 0.25) is 0 Å². The van der Waals surface area contributed by atoms with Crippen LogP contribution < -0.4 is 10.2 Å². The first-order valence-electron chi connectivity index (χ1n) is 11.1. The van der Waals surface area contributed by atoms with Crippen molar-refractivity contribution in [3.05, 3.63) is 29.3 Å². The minimum atomic E-state index is -0.995. The maximum Gasteiger partial charge on any atom is 0.407 e. The summed E-state index contributed by atoms with van der Waals surface area (Å²) in [4.78, 5) is 25.8. The van der Waals surface area contributed by atoms with Crippen molar-refractivity contribution >= 4 is 41.0 Å². The van der Waals surface area contributed by atoms with Crippen molar-refractivity contribution in [3.8, 4) is 0 Å². The number of ether oxygens (including phenoxy) is 1. The summed E-state index contributed by atoms with van der Waals surface area (Å²) in [5.74, 6) is -0.102. The van der Waals surface area contributed by atoms with Crippen molar-refractivity contribution in [2.24, 2.45) is 5.41 Å². The summed E-state index contributed by atoms with van der Waals surface area (Å²) >= 11 is 12.0. The van der Waals surface area contributed by atoms with E-state index in [2.05, 4.69) is 10.2 Å². The Balaban J connectivity index is 3.15. The molecule has 33 heavy (non-hydrogen) atoms. The maximum atomic E-state index is 12.3. The van der Waals surface area contributed by atoms with Gasteiger partial charge in [-0.05, 0) is 56.2 Å². The number of aliphatic hydroxyl groups is 1. The molecule has 0 unspecified atom stereocenters. The molecule has 1 aromatic rings. The van der Waals surface area contributed by atoms with Gasteiger partial charge in [0.05, 0.1) is 13.0 Å². The number of alkyl halides is 2. The lowest BCUT2D eigenvalue weighted by Crippen LogP contribution is -2.42. The molecule has 1 amide bonds. The maximum absolute atomic E-state index is 12.3. The third kappa shape index (κ3) is 11.3. The number of carbonyl (C=O) groups is 2. The van der Waals surface area contributed by atoms with Crippen LogP contribution in [-0.4, -0.2) is 58.8 Å². The highest BCUT2D eigenvalue weighted by Gasteiger charge is 2.29. The first kappa shape index (κ1) is 29.3. The standard InChI is InChI=1S/C24H38Cl2N2O5/c1-23(2,3)33-22(32)27-19(13-21(30)31)15-24(4,5)14-18-12-17(16-29)6-7-20(18)28(10-8-25)11-9-26/h6-7,12,19,29H,8-11,13-16H2,1-5H3,(H,27,32)(H,30,31)/t19-/m1/s1. The van der Waals surface area contributed by atoms with Gasteiger partial charge in [-0.1, -0.05) is 26.0 Å². The third-order valence-corrected chi connectivity index (χ3v) is 5.32. The van der Waals surface area contributed by atoms with Gasteiger partial charge in [0.25, 0.3) is 0 Å². The van der Waals surface area contributed by atoms with E-state index in [1.165, 1.54) is 0 Å². The van der Waals surface area contributed by atoms with Gasteiger partial charge in [-0.15, -0.1) is 23.2 Å². The summed E-state index contributed by atoms with van der Waals surface area (Å²) in [5, 5.41) is 21.7. The Labute approximate surface area is 207 Å². The van der Waals surface area contributed by atoms with Gasteiger partial charge in [-0.3, -0.25) is 4.79 Å². The molecule has 0 saturated carbocycles. The second-order valence-corrected chi connectivity index (χ2v) is 10.7. The first-order chi connectivity index (χ1) is 15.3. The van der Waals surface area contributed by atoms with E-state index in [1.54, 1.807) is 20.8 Å². The van der Waals surface area contributed by atoms with Crippen molar-refractivity contribution < 1.29 is 24.5 Å². The van der Waals surface area contributed by atoms with Gasteiger partial charge in [-0.2, -0.15) is 0 Å². The van der Waals surface area contributed by atoms with E-state index in [0.717, 1.165) is 16.8 Å². The van der Waals surface area contributed by atoms with Crippen LogP contribution in [0.15, 0.2) is 18.2 Å². The summed E-state index contributed by atoms with van der Waals surface area (Å²) < 4.78 is 5.31. The molecule has 0 aromatic heterocycles. The SMILES string of the molecule is CC(C)(Cc1cc(CO)ccc1N(CCCl)CCCl)C[C@@H](CC(=O)O)NC(=O)OC(C)(C)C. The molecule has 0 heterocycles. The average molecular weight is 505 g/mol. The third-order valence-electron chi connectivity index (χ3n) is 4.99. The second kappa shape index (κ2) is 13.3. The molecule has 1 atom stereocenters. The molecule has 9 heteroatoms. The minimum absolute atomic E-state index is 0.0828. The molecule has 0 aliphatic heterocycles. The number of carboxylic acid groups (broad SMARTS) is 1. The zero-order chi connectivity index (χ0) is 25.2. The van der Waals surface area contributed by atoms with Crippen molar-refractivity contribution in [2.75, 3.05) is 29.7 Å². The number of aliphatic hydroxyl groups excluding tert-OH is 1. The van der Waals surface area contributed by atoms with Gasteiger partial charge in [0.1, 0.15) is 5.60 Å². The zero-order valence-electron chi connectivity index (χ0n) is 20.3. The van der Waals surface area contributed by atoms with E-state index in [1.807, 2.05) is 32.0 Å². The van der Waals surface area contributed by atoms with E-state index in [-0.39, 0.29) is 18.4 Å². The van der Waals surface area contributed by atoms with Gasteiger partial charge in [0, 0.05) is 36.6 Å². The fourth-order valence-corrected chi connectivity index (χ4v) is 4.27. The second-order valence-electron chi connectivity index (χ2n) is 9.97. The van der Waals surface area contributed by atoms with E-state index in [0.29, 0.717) is 37.7 Å². The largest absolute Gasteiger partial charge is 0.481 e. The van der Waals surface area contributed by atoms with Crippen LogP contribution in [0.3, 0.4) is 0 Å². The predicted molar refractivity (Wildman–Crippen MR) is 134 cm³/mol. The summed E-state index contributed by atoms with van der Waals surface area (Å²) in [5.41, 5.74) is 1.73. The monoisotopic (exact) mass is 504 g/mol. The Kier molecular flexibility index (Phi) is 11.8. The number of carbonyl (C=O) groups excluding carboxylic acids is 1. The van der Waals surface area contributed by atoms with E-state index in [4.69, 9.17) is 27.9 Å². The van der Waals surface area contributed by atoms with Gasteiger partial charge >= 0.3 is 12.1 Å². The van der Waals surface area contributed by atoms with Crippen LogP contribution in [0.1, 0.15) is 58.6 Å². The molecular formula is C24H38Cl2N2O5. The zero-order valence-corrected chi connectivity index (χ0v) is 21.8. The van der Waals surface area contributed by atoms with Crippen LogP contribution in [0.5, 0.6) is 0 Å². The normalized spacial score (nSPS) is 12.8. The number of hydrogen-bond donors (Lipinski definition) is 3. The van der Waals surface area contributed by atoms with Gasteiger partial charge < -0.3 is 25.2 Å². The Morgan fingerprint density at radius 1 is 1.12 bits per heavy atom. The van der Waals surface area contributed by atoms with Crippen LogP contribution in [0.4, 0.5) is 10.5 Å². The molecule has 0 fully saturated rings. The summed E-state index contributed by atoms with van der Waals surface area (Å²) in [6, 6.07) is 5.20. The molecule has 0 radical (unpaired) electrons. The van der Waals surface area contributed by atoms with E-state index >= 15 is 0 Å². The summed E-state index contributed by atoms with van der Waals surface area (Å²) in [6.07, 6.45) is 0.176. The number of carboxylic acids is 1. The first-order valence-corrected chi connectivity index (χ1v) is 12.2.